The quantitative estimate of drug-likeness (QED) is 0.647. The fourth-order valence-corrected chi connectivity index (χ4v) is 3.12. The molecular weight excluding hydrogens is 352 g/mol. The molecule has 150 valence electrons. The van der Waals surface area contributed by atoms with Crippen molar-refractivity contribution in [2.75, 3.05) is 32.7 Å². The zero-order valence-corrected chi connectivity index (χ0v) is 15.9. The van der Waals surface area contributed by atoms with Gasteiger partial charge in [-0.15, -0.1) is 0 Å². The van der Waals surface area contributed by atoms with Gasteiger partial charge in [-0.1, -0.05) is 6.92 Å². The summed E-state index contributed by atoms with van der Waals surface area (Å²) in [6, 6.07) is 2.82. The highest BCUT2D eigenvalue weighted by atomic mass is 19.1. The van der Waals surface area contributed by atoms with Gasteiger partial charge in [0, 0.05) is 25.6 Å². The predicted octanol–water partition coefficient (Wildman–Crippen LogP) is 2.71. The molecule has 0 radical (unpaired) electrons. The second kappa shape index (κ2) is 11.0. The van der Waals surface area contributed by atoms with Crippen molar-refractivity contribution in [3.63, 3.8) is 0 Å². The molecule has 1 fully saturated rings. The van der Waals surface area contributed by atoms with Gasteiger partial charge in [0.15, 0.2) is 0 Å². The number of hydrogen-bond donors (Lipinski definition) is 2. The Morgan fingerprint density at radius 2 is 1.81 bits per heavy atom. The van der Waals surface area contributed by atoms with Gasteiger partial charge >= 0.3 is 0 Å². The number of amides is 2. The van der Waals surface area contributed by atoms with Crippen molar-refractivity contribution in [1.82, 2.24) is 15.5 Å². The summed E-state index contributed by atoms with van der Waals surface area (Å²) in [6.45, 7) is 6.49. The van der Waals surface area contributed by atoms with Gasteiger partial charge in [-0.2, -0.15) is 0 Å². The van der Waals surface area contributed by atoms with E-state index in [4.69, 9.17) is 0 Å². The zero-order valence-electron chi connectivity index (χ0n) is 15.9. The maximum Gasteiger partial charge on any atom is 0.254 e. The summed E-state index contributed by atoms with van der Waals surface area (Å²) < 4.78 is 26.3. The van der Waals surface area contributed by atoms with E-state index in [-0.39, 0.29) is 18.0 Å². The number of nitrogens with one attached hydrogen (secondary N) is 2. The van der Waals surface area contributed by atoms with Crippen molar-refractivity contribution in [3.05, 3.63) is 35.4 Å². The summed E-state index contributed by atoms with van der Waals surface area (Å²) in [6.07, 6.45) is 4.19. The summed E-state index contributed by atoms with van der Waals surface area (Å²) in [4.78, 5) is 26.1. The van der Waals surface area contributed by atoms with Crippen molar-refractivity contribution in [2.24, 2.45) is 5.92 Å². The van der Waals surface area contributed by atoms with E-state index in [0.29, 0.717) is 25.5 Å². The first-order valence-corrected chi connectivity index (χ1v) is 9.68. The second-order valence-electron chi connectivity index (χ2n) is 7.21. The number of carbonyl (C=O) groups excluding carboxylic acids is 2. The number of piperidine rings is 1. The fourth-order valence-electron chi connectivity index (χ4n) is 3.12. The van der Waals surface area contributed by atoms with E-state index in [1.165, 1.54) is 12.8 Å². The van der Waals surface area contributed by atoms with Crippen molar-refractivity contribution in [3.8, 4) is 0 Å². The lowest BCUT2D eigenvalue weighted by atomic mass is 9.99. The lowest BCUT2D eigenvalue weighted by molar-refractivity contribution is -0.121. The Labute approximate surface area is 159 Å². The summed E-state index contributed by atoms with van der Waals surface area (Å²) in [5, 5.41) is 5.43. The molecule has 1 aromatic rings. The Bertz CT molecular complexity index is 632. The van der Waals surface area contributed by atoms with Crippen LogP contribution in [0.25, 0.3) is 0 Å². The van der Waals surface area contributed by atoms with Gasteiger partial charge < -0.3 is 15.5 Å². The third-order valence-corrected chi connectivity index (χ3v) is 4.89. The van der Waals surface area contributed by atoms with Gasteiger partial charge in [-0.05, 0) is 63.4 Å². The zero-order chi connectivity index (χ0) is 19.6. The maximum atomic E-state index is 13.5. The van der Waals surface area contributed by atoms with Crippen LogP contribution < -0.4 is 10.6 Å². The van der Waals surface area contributed by atoms with E-state index in [9.17, 15) is 18.4 Å². The van der Waals surface area contributed by atoms with Gasteiger partial charge in [-0.25, -0.2) is 8.78 Å². The number of likely N-dealkylation sites (tertiary alicyclic amines) is 1. The maximum absolute atomic E-state index is 13.5. The molecule has 2 amide bonds. The van der Waals surface area contributed by atoms with Gasteiger partial charge in [0.2, 0.25) is 5.91 Å². The number of benzene rings is 1. The standard InChI is InChI=1S/C20H29F2N3O2/c1-15-7-12-25(13-8-15)11-3-10-23-19(26)4-2-9-24-20(27)17-6-5-16(21)14-18(17)22/h5-6,14-15H,2-4,7-13H2,1H3,(H,23,26)(H,24,27). The molecule has 2 rings (SSSR count). The van der Waals surface area contributed by atoms with E-state index in [2.05, 4.69) is 22.5 Å². The molecule has 2 N–H and O–H groups in total. The van der Waals surface area contributed by atoms with Gasteiger partial charge in [0.05, 0.1) is 5.56 Å². The monoisotopic (exact) mass is 381 g/mol. The van der Waals surface area contributed by atoms with Gasteiger partial charge in [0.25, 0.3) is 5.91 Å². The Morgan fingerprint density at radius 1 is 1.11 bits per heavy atom. The van der Waals surface area contributed by atoms with Crippen LogP contribution in [-0.2, 0) is 4.79 Å². The minimum Gasteiger partial charge on any atom is -0.356 e. The number of halogens is 2. The van der Waals surface area contributed by atoms with Crippen LogP contribution in [0.4, 0.5) is 8.78 Å². The fraction of sp³-hybridized carbons (Fsp3) is 0.600. The van der Waals surface area contributed by atoms with E-state index in [1.807, 2.05) is 0 Å². The number of hydrogen-bond acceptors (Lipinski definition) is 3. The summed E-state index contributed by atoms with van der Waals surface area (Å²) >= 11 is 0. The van der Waals surface area contributed by atoms with Crippen LogP contribution in [0.1, 0.15) is 49.4 Å². The van der Waals surface area contributed by atoms with Crippen LogP contribution >= 0.6 is 0 Å². The largest absolute Gasteiger partial charge is 0.356 e. The van der Waals surface area contributed by atoms with Gasteiger partial charge in [0.1, 0.15) is 11.6 Å². The number of nitrogens with zero attached hydrogens (tertiary/aromatic N) is 1. The Balaban J connectivity index is 1.52. The molecule has 0 aromatic heterocycles. The lowest BCUT2D eigenvalue weighted by Crippen LogP contribution is -2.35. The molecule has 1 aromatic carbocycles. The molecule has 0 atom stereocenters. The van der Waals surface area contributed by atoms with Crippen molar-refractivity contribution in [2.45, 2.75) is 39.0 Å². The van der Waals surface area contributed by atoms with Crippen LogP contribution in [0, 0.1) is 17.6 Å². The topological polar surface area (TPSA) is 61.4 Å². The molecule has 27 heavy (non-hydrogen) atoms. The molecular formula is C20H29F2N3O2. The molecule has 1 heterocycles. The summed E-state index contributed by atoms with van der Waals surface area (Å²) in [5.41, 5.74) is -0.201. The smallest absolute Gasteiger partial charge is 0.254 e. The van der Waals surface area contributed by atoms with E-state index >= 15 is 0 Å². The molecule has 1 aliphatic rings. The van der Waals surface area contributed by atoms with Crippen LogP contribution in [0.5, 0.6) is 0 Å². The molecule has 7 heteroatoms. The normalized spacial score (nSPS) is 15.5. The predicted molar refractivity (Wildman–Crippen MR) is 100 cm³/mol. The molecule has 1 saturated heterocycles. The highest BCUT2D eigenvalue weighted by Gasteiger charge is 2.15. The van der Waals surface area contributed by atoms with Crippen LogP contribution in [-0.4, -0.2) is 49.4 Å². The highest BCUT2D eigenvalue weighted by Crippen LogP contribution is 2.15. The minimum absolute atomic E-state index is 0.0514. The van der Waals surface area contributed by atoms with E-state index in [1.54, 1.807) is 0 Å². The highest BCUT2D eigenvalue weighted by molar-refractivity contribution is 5.94. The molecule has 1 aliphatic heterocycles. The summed E-state index contributed by atoms with van der Waals surface area (Å²) in [5.74, 6) is -1.46. The van der Waals surface area contributed by atoms with Crippen LogP contribution in [0.15, 0.2) is 18.2 Å². The second-order valence-corrected chi connectivity index (χ2v) is 7.21. The van der Waals surface area contributed by atoms with Crippen LogP contribution in [0.2, 0.25) is 0 Å². The van der Waals surface area contributed by atoms with E-state index < -0.39 is 17.5 Å². The summed E-state index contributed by atoms with van der Waals surface area (Å²) in [7, 11) is 0. The molecule has 0 spiro atoms. The number of carbonyl (C=O) groups is 2. The van der Waals surface area contributed by atoms with Gasteiger partial charge in [-0.3, -0.25) is 9.59 Å². The SMILES string of the molecule is CC1CCN(CCCNC(=O)CCCNC(=O)c2ccc(F)cc2F)CC1. The molecule has 0 saturated carbocycles. The van der Waals surface area contributed by atoms with Crippen molar-refractivity contribution < 1.29 is 18.4 Å². The molecule has 0 unspecified atom stereocenters. The molecule has 0 bridgehead atoms. The third-order valence-electron chi connectivity index (χ3n) is 4.89. The first kappa shape index (κ1) is 21.3. The van der Waals surface area contributed by atoms with Crippen molar-refractivity contribution >= 4 is 11.8 Å². The Kier molecular flexibility index (Phi) is 8.64. The first-order chi connectivity index (χ1) is 13.0. The average Bonchev–Trinajstić information content (AvgIpc) is 2.63. The third kappa shape index (κ3) is 7.62. The Morgan fingerprint density at radius 3 is 2.52 bits per heavy atom. The number of rotatable bonds is 9. The average molecular weight is 381 g/mol. The lowest BCUT2D eigenvalue weighted by Gasteiger charge is -2.30. The van der Waals surface area contributed by atoms with Crippen LogP contribution in [0.3, 0.4) is 0 Å². The molecule has 5 nitrogen and oxygen atoms in total. The molecule has 0 aliphatic carbocycles. The van der Waals surface area contributed by atoms with Crippen molar-refractivity contribution in [1.29, 1.82) is 0 Å². The van der Waals surface area contributed by atoms with E-state index in [0.717, 1.165) is 44.1 Å². The Hall–Kier alpha value is -2.02. The first-order valence-electron chi connectivity index (χ1n) is 9.68. The minimum atomic E-state index is -0.895.